The Bertz CT molecular complexity index is 282. The van der Waals surface area contributed by atoms with Crippen molar-refractivity contribution in [3.05, 3.63) is 12.2 Å². The topological polar surface area (TPSA) is 35.5 Å². The first-order valence-electron chi connectivity index (χ1n) is 9.22. The molecule has 1 fully saturated rings. The summed E-state index contributed by atoms with van der Waals surface area (Å²) in [4.78, 5) is 10.8. The van der Waals surface area contributed by atoms with Gasteiger partial charge in [-0.15, -0.1) is 0 Å². The van der Waals surface area contributed by atoms with Gasteiger partial charge in [-0.25, -0.2) is 0 Å². The molecule has 0 N–H and O–H groups in total. The summed E-state index contributed by atoms with van der Waals surface area (Å²) < 4.78 is 11.5. The highest BCUT2D eigenvalue weighted by Gasteiger charge is 2.19. The molecule has 3 heteroatoms. The Kier molecular flexibility index (Phi) is 12.3. The van der Waals surface area contributed by atoms with E-state index in [0.717, 1.165) is 45.0 Å². The summed E-state index contributed by atoms with van der Waals surface area (Å²) in [5.41, 5.74) is 0. The van der Waals surface area contributed by atoms with E-state index in [1.54, 1.807) is 0 Å². The van der Waals surface area contributed by atoms with Crippen LogP contribution >= 0.6 is 0 Å². The maximum atomic E-state index is 10.8. The second kappa shape index (κ2) is 14.0. The highest BCUT2D eigenvalue weighted by atomic mass is 16.7. The van der Waals surface area contributed by atoms with E-state index in [1.807, 2.05) is 0 Å². The smallest absolute Gasteiger partial charge is 0.157 e. The molecular formula is C19H34O3. The number of aldehydes is 1. The normalized spacial score (nSPS) is 20.3. The van der Waals surface area contributed by atoms with Crippen LogP contribution in [0.2, 0.25) is 0 Å². The van der Waals surface area contributed by atoms with Crippen LogP contribution in [0.1, 0.15) is 84.0 Å². The highest BCUT2D eigenvalue weighted by Crippen LogP contribution is 2.18. The second-order valence-corrected chi connectivity index (χ2v) is 6.21. The van der Waals surface area contributed by atoms with E-state index < -0.39 is 0 Å². The van der Waals surface area contributed by atoms with Gasteiger partial charge in [-0.3, -0.25) is 0 Å². The number of unbranched alkanes of at least 4 members (excludes halogenated alkanes) is 5. The van der Waals surface area contributed by atoms with Crippen molar-refractivity contribution in [3.63, 3.8) is 0 Å². The van der Waals surface area contributed by atoms with E-state index in [-0.39, 0.29) is 12.4 Å². The zero-order valence-corrected chi connectivity index (χ0v) is 14.3. The van der Waals surface area contributed by atoms with Crippen molar-refractivity contribution in [2.45, 2.75) is 96.4 Å². The van der Waals surface area contributed by atoms with Gasteiger partial charge in [0.05, 0.1) is 6.10 Å². The maximum Gasteiger partial charge on any atom is 0.157 e. The average molecular weight is 310 g/mol. The largest absolute Gasteiger partial charge is 0.353 e. The van der Waals surface area contributed by atoms with Gasteiger partial charge in [-0.2, -0.15) is 0 Å². The quantitative estimate of drug-likeness (QED) is 0.267. The predicted molar refractivity (Wildman–Crippen MR) is 90.9 cm³/mol. The number of carbonyl (C=O) groups excluding carboxylic acids is 1. The molecule has 1 heterocycles. The van der Waals surface area contributed by atoms with Crippen LogP contribution in [0.15, 0.2) is 12.2 Å². The van der Waals surface area contributed by atoms with Crippen LogP contribution in [0.25, 0.3) is 0 Å². The van der Waals surface area contributed by atoms with E-state index >= 15 is 0 Å². The Morgan fingerprint density at radius 1 is 1.14 bits per heavy atom. The molecule has 0 amide bonds. The van der Waals surface area contributed by atoms with Gasteiger partial charge < -0.3 is 14.3 Å². The molecule has 128 valence electrons. The zero-order valence-electron chi connectivity index (χ0n) is 14.3. The first-order chi connectivity index (χ1) is 10.9. The summed E-state index contributed by atoms with van der Waals surface area (Å²) in [6, 6.07) is 0. The fourth-order valence-electron chi connectivity index (χ4n) is 2.77. The highest BCUT2D eigenvalue weighted by molar-refractivity contribution is 5.50. The van der Waals surface area contributed by atoms with Gasteiger partial charge in [0, 0.05) is 13.0 Å². The third kappa shape index (κ3) is 10.1. The van der Waals surface area contributed by atoms with Gasteiger partial charge in [0.1, 0.15) is 6.29 Å². The minimum absolute atomic E-state index is 0.00908. The van der Waals surface area contributed by atoms with Crippen LogP contribution in [-0.4, -0.2) is 25.3 Å². The SMILES string of the molecule is CCCCCCC/C=C/CC[C@H](CC=O)OC1CCCCO1. The summed E-state index contributed by atoms with van der Waals surface area (Å²) in [6.07, 6.45) is 18.8. The Labute approximate surface area is 136 Å². The van der Waals surface area contributed by atoms with Gasteiger partial charge in [0.2, 0.25) is 0 Å². The standard InChI is InChI=1S/C19H34O3/c1-2-3-4-5-6-7-8-9-10-13-18(15-16-20)22-19-14-11-12-17-21-19/h8-9,16,18-19H,2-7,10-15,17H2,1H3/b9-8+/t18-,19?/m1/s1. The number of rotatable bonds is 13. The molecule has 0 aromatic carbocycles. The van der Waals surface area contributed by atoms with Gasteiger partial charge in [-0.05, 0) is 44.9 Å². The summed E-state index contributed by atoms with van der Waals surface area (Å²) in [7, 11) is 0. The molecule has 1 unspecified atom stereocenters. The molecule has 0 spiro atoms. The van der Waals surface area contributed by atoms with E-state index in [1.165, 1.54) is 38.5 Å². The van der Waals surface area contributed by atoms with Crippen molar-refractivity contribution in [2.24, 2.45) is 0 Å². The number of hydrogen-bond donors (Lipinski definition) is 0. The molecule has 22 heavy (non-hydrogen) atoms. The van der Waals surface area contributed by atoms with Crippen molar-refractivity contribution < 1.29 is 14.3 Å². The monoisotopic (exact) mass is 310 g/mol. The van der Waals surface area contributed by atoms with Crippen LogP contribution in [-0.2, 0) is 14.3 Å². The fraction of sp³-hybridized carbons (Fsp3) is 0.842. The van der Waals surface area contributed by atoms with Crippen molar-refractivity contribution in [1.82, 2.24) is 0 Å². The van der Waals surface area contributed by atoms with E-state index in [2.05, 4.69) is 19.1 Å². The van der Waals surface area contributed by atoms with Gasteiger partial charge in [0.15, 0.2) is 6.29 Å². The molecule has 1 aliphatic rings. The molecule has 2 atom stereocenters. The van der Waals surface area contributed by atoms with E-state index in [4.69, 9.17) is 9.47 Å². The van der Waals surface area contributed by atoms with Crippen LogP contribution in [0.5, 0.6) is 0 Å². The first kappa shape index (κ1) is 19.4. The van der Waals surface area contributed by atoms with Crippen LogP contribution < -0.4 is 0 Å². The summed E-state index contributed by atoms with van der Waals surface area (Å²) in [5.74, 6) is 0. The Morgan fingerprint density at radius 3 is 2.68 bits per heavy atom. The molecule has 0 aliphatic carbocycles. The number of hydrogen-bond acceptors (Lipinski definition) is 3. The Balaban J connectivity index is 2.08. The molecule has 0 aromatic rings. The molecule has 3 nitrogen and oxygen atoms in total. The van der Waals surface area contributed by atoms with E-state index in [0.29, 0.717) is 6.42 Å². The molecule has 0 radical (unpaired) electrons. The minimum Gasteiger partial charge on any atom is -0.353 e. The fourth-order valence-corrected chi connectivity index (χ4v) is 2.77. The molecule has 1 rings (SSSR count). The van der Waals surface area contributed by atoms with Gasteiger partial charge in [-0.1, -0.05) is 44.8 Å². The van der Waals surface area contributed by atoms with Crippen molar-refractivity contribution in [1.29, 1.82) is 0 Å². The van der Waals surface area contributed by atoms with Crippen molar-refractivity contribution >= 4 is 6.29 Å². The molecule has 1 saturated heterocycles. The average Bonchev–Trinajstić information content (AvgIpc) is 2.54. The second-order valence-electron chi connectivity index (χ2n) is 6.21. The number of carbonyl (C=O) groups is 1. The number of ether oxygens (including phenoxy) is 2. The molecular weight excluding hydrogens is 276 g/mol. The Morgan fingerprint density at radius 2 is 1.95 bits per heavy atom. The van der Waals surface area contributed by atoms with Crippen molar-refractivity contribution in [2.75, 3.05) is 6.61 Å². The maximum absolute atomic E-state index is 10.8. The van der Waals surface area contributed by atoms with Gasteiger partial charge in [0.25, 0.3) is 0 Å². The third-order valence-electron chi connectivity index (χ3n) is 4.14. The summed E-state index contributed by atoms with van der Waals surface area (Å²) >= 11 is 0. The predicted octanol–water partition coefficient (Wildman–Crippen LogP) is 5.18. The van der Waals surface area contributed by atoms with Gasteiger partial charge >= 0.3 is 0 Å². The van der Waals surface area contributed by atoms with Crippen LogP contribution in [0, 0.1) is 0 Å². The first-order valence-corrected chi connectivity index (χ1v) is 9.22. The van der Waals surface area contributed by atoms with E-state index in [9.17, 15) is 4.79 Å². The summed E-state index contributed by atoms with van der Waals surface area (Å²) in [5, 5.41) is 0. The van der Waals surface area contributed by atoms with Crippen molar-refractivity contribution in [3.8, 4) is 0 Å². The lowest BCUT2D eigenvalue weighted by molar-refractivity contribution is -0.189. The third-order valence-corrected chi connectivity index (χ3v) is 4.14. The minimum atomic E-state index is -0.0961. The molecule has 1 aliphatic heterocycles. The molecule has 0 saturated carbocycles. The van der Waals surface area contributed by atoms with Crippen LogP contribution in [0.4, 0.5) is 0 Å². The molecule has 0 aromatic heterocycles. The lowest BCUT2D eigenvalue weighted by atomic mass is 10.1. The van der Waals surface area contributed by atoms with Crippen LogP contribution in [0.3, 0.4) is 0 Å². The molecule has 0 bridgehead atoms. The Hall–Kier alpha value is -0.670. The lowest BCUT2D eigenvalue weighted by Gasteiger charge is -2.26. The zero-order chi connectivity index (χ0) is 15.9. The number of allylic oxidation sites excluding steroid dienone is 2. The lowest BCUT2D eigenvalue weighted by Crippen LogP contribution is -2.28. The summed E-state index contributed by atoms with van der Waals surface area (Å²) in [6.45, 7) is 3.03.